The Morgan fingerprint density at radius 1 is 0.351 bits per heavy atom. The topological polar surface area (TPSA) is 4.93 Å². The van der Waals surface area contributed by atoms with Crippen molar-refractivity contribution < 1.29 is 0 Å². The third-order valence-corrected chi connectivity index (χ3v) is 7.21. The minimum absolute atomic E-state index is 1.16. The van der Waals surface area contributed by atoms with Crippen molar-refractivity contribution in [3.8, 4) is 39.1 Å². The van der Waals surface area contributed by atoms with Gasteiger partial charge in [0.2, 0.25) is 0 Å². The minimum atomic E-state index is 1.16. The Morgan fingerprint density at radius 3 is 1.57 bits per heavy atom. The molecule has 0 fully saturated rings. The van der Waals surface area contributed by atoms with E-state index in [9.17, 15) is 0 Å². The van der Waals surface area contributed by atoms with Gasteiger partial charge < -0.3 is 4.57 Å². The van der Waals surface area contributed by atoms with Gasteiger partial charge in [0.25, 0.3) is 0 Å². The molecule has 0 radical (unpaired) electrons. The molecule has 0 atom stereocenters. The van der Waals surface area contributed by atoms with Gasteiger partial charge in [-0.25, -0.2) is 0 Å². The Morgan fingerprint density at radius 2 is 0.892 bits per heavy atom. The first-order valence-corrected chi connectivity index (χ1v) is 12.7. The first kappa shape index (κ1) is 21.4. The minimum Gasteiger partial charge on any atom is -0.309 e. The van der Waals surface area contributed by atoms with Crippen LogP contribution in [0, 0.1) is 0 Å². The van der Waals surface area contributed by atoms with Gasteiger partial charge in [-0.15, -0.1) is 0 Å². The van der Waals surface area contributed by atoms with Crippen molar-refractivity contribution in [2.75, 3.05) is 0 Å². The first-order valence-electron chi connectivity index (χ1n) is 12.7. The number of rotatable bonds is 4. The number of hydrogen-bond acceptors (Lipinski definition) is 0. The molecule has 174 valence electrons. The van der Waals surface area contributed by atoms with Crippen LogP contribution in [-0.2, 0) is 0 Å². The smallest absolute Gasteiger partial charge is 0.0547 e. The maximum absolute atomic E-state index is 2.42. The van der Waals surface area contributed by atoms with Crippen LogP contribution < -0.4 is 0 Å². The zero-order chi connectivity index (χ0) is 24.6. The van der Waals surface area contributed by atoms with E-state index in [0.717, 1.165) is 5.69 Å². The summed E-state index contributed by atoms with van der Waals surface area (Å²) >= 11 is 0. The van der Waals surface area contributed by atoms with Crippen LogP contribution in [0.3, 0.4) is 0 Å². The molecule has 1 heterocycles. The molecule has 1 aromatic heterocycles. The largest absolute Gasteiger partial charge is 0.309 e. The van der Waals surface area contributed by atoms with Crippen molar-refractivity contribution >= 4 is 21.8 Å². The number of nitrogens with zero attached hydrogens (tertiary/aromatic N) is 1. The average molecular weight is 472 g/mol. The predicted molar refractivity (Wildman–Crippen MR) is 157 cm³/mol. The fraction of sp³-hybridized carbons (Fsp3) is 0. The SMILES string of the molecule is c1ccc(-c2ccc(-n3c4ccccc4c4c(-c5ccccc5)cccc43)cc2-c2ccccc2)cc1. The summed E-state index contributed by atoms with van der Waals surface area (Å²) in [6, 6.07) is 54.4. The van der Waals surface area contributed by atoms with Gasteiger partial charge in [0.05, 0.1) is 11.0 Å². The number of fused-ring (bicyclic) bond motifs is 3. The number of benzene rings is 6. The van der Waals surface area contributed by atoms with Crippen molar-refractivity contribution in [1.29, 1.82) is 0 Å². The van der Waals surface area contributed by atoms with E-state index >= 15 is 0 Å². The second-order valence-electron chi connectivity index (χ2n) is 9.38. The molecule has 0 bridgehead atoms. The second-order valence-corrected chi connectivity index (χ2v) is 9.38. The standard InChI is InChI=1S/C36H25N/c1-4-13-26(14-5-1)30-24-23-29(25-33(30)28-17-8-3-9-18-28)37-34-21-11-10-19-32(34)36-31(20-12-22-35(36)37)27-15-6-2-7-16-27/h1-25H. The first-order chi connectivity index (χ1) is 18.4. The van der Waals surface area contributed by atoms with Crippen LogP contribution in [0.2, 0.25) is 0 Å². The molecule has 0 amide bonds. The summed E-state index contributed by atoms with van der Waals surface area (Å²) in [6.07, 6.45) is 0. The third-order valence-electron chi connectivity index (χ3n) is 7.21. The van der Waals surface area contributed by atoms with E-state index in [1.165, 1.54) is 55.2 Å². The van der Waals surface area contributed by atoms with Gasteiger partial charge in [-0.1, -0.05) is 127 Å². The fourth-order valence-corrected chi connectivity index (χ4v) is 5.55. The lowest BCUT2D eigenvalue weighted by Gasteiger charge is -2.15. The molecule has 1 heteroatoms. The highest BCUT2D eigenvalue weighted by atomic mass is 15.0. The average Bonchev–Trinajstić information content (AvgIpc) is 3.33. The molecule has 0 unspecified atom stereocenters. The van der Waals surface area contributed by atoms with Gasteiger partial charge in [0, 0.05) is 16.5 Å². The van der Waals surface area contributed by atoms with Gasteiger partial charge in [0.15, 0.2) is 0 Å². The summed E-state index contributed by atoms with van der Waals surface area (Å²) in [5.74, 6) is 0. The zero-order valence-corrected chi connectivity index (χ0v) is 20.4. The molecular weight excluding hydrogens is 446 g/mol. The highest BCUT2D eigenvalue weighted by Crippen LogP contribution is 2.40. The fourth-order valence-electron chi connectivity index (χ4n) is 5.55. The van der Waals surface area contributed by atoms with Crippen LogP contribution in [0.5, 0.6) is 0 Å². The molecule has 0 N–H and O–H groups in total. The van der Waals surface area contributed by atoms with E-state index in [4.69, 9.17) is 0 Å². The summed E-state index contributed by atoms with van der Waals surface area (Å²) in [7, 11) is 0. The van der Waals surface area contributed by atoms with Crippen LogP contribution >= 0.6 is 0 Å². The van der Waals surface area contributed by atoms with E-state index in [1.807, 2.05) is 0 Å². The Balaban J connectivity index is 1.53. The Kier molecular flexibility index (Phi) is 5.19. The number of aromatic nitrogens is 1. The Labute approximate surface area is 216 Å². The number of hydrogen-bond donors (Lipinski definition) is 0. The molecule has 7 rings (SSSR count). The molecule has 1 nitrogen and oxygen atoms in total. The van der Waals surface area contributed by atoms with Gasteiger partial charge in [-0.05, 0) is 57.6 Å². The van der Waals surface area contributed by atoms with Crippen LogP contribution in [0.25, 0.3) is 60.9 Å². The summed E-state index contributed by atoms with van der Waals surface area (Å²) < 4.78 is 2.42. The van der Waals surface area contributed by atoms with Gasteiger partial charge in [-0.2, -0.15) is 0 Å². The molecule has 7 aromatic rings. The maximum Gasteiger partial charge on any atom is 0.0547 e. The summed E-state index contributed by atoms with van der Waals surface area (Å²) in [6.45, 7) is 0. The van der Waals surface area contributed by atoms with Crippen LogP contribution in [0.1, 0.15) is 0 Å². The maximum atomic E-state index is 2.42. The second kappa shape index (κ2) is 8.96. The van der Waals surface area contributed by atoms with E-state index in [2.05, 4.69) is 156 Å². The molecular formula is C36H25N. The van der Waals surface area contributed by atoms with Crippen molar-refractivity contribution in [1.82, 2.24) is 4.57 Å². The normalized spacial score (nSPS) is 11.2. The van der Waals surface area contributed by atoms with Gasteiger partial charge in [0.1, 0.15) is 0 Å². The summed E-state index contributed by atoms with van der Waals surface area (Å²) in [4.78, 5) is 0. The monoisotopic (exact) mass is 471 g/mol. The predicted octanol–water partition coefficient (Wildman–Crippen LogP) is 9.78. The molecule has 0 saturated heterocycles. The van der Waals surface area contributed by atoms with Gasteiger partial charge in [-0.3, -0.25) is 0 Å². The lowest BCUT2D eigenvalue weighted by Crippen LogP contribution is -1.96. The van der Waals surface area contributed by atoms with Crippen molar-refractivity contribution in [3.05, 3.63) is 152 Å². The molecule has 0 aliphatic carbocycles. The van der Waals surface area contributed by atoms with Crippen molar-refractivity contribution in [2.24, 2.45) is 0 Å². The molecule has 6 aromatic carbocycles. The third kappa shape index (κ3) is 3.64. The van der Waals surface area contributed by atoms with Crippen LogP contribution in [-0.4, -0.2) is 4.57 Å². The summed E-state index contributed by atoms with van der Waals surface area (Å²) in [5, 5.41) is 2.56. The van der Waals surface area contributed by atoms with E-state index in [1.54, 1.807) is 0 Å². The van der Waals surface area contributed by atoms with Crippen molar-refractivity contribution in [2.45, 2.75) is 0 Å². The van der Waals surface area contributed by atoms with E-state index < -0.39 is 0 Å². The van der Waals surface area contributed by atoms with Crippen LogP contribution in [0.15, 0.2) is 152 Å². The molecule has 0 saturated carbocycles. The van der Waals surface area contributed by atoms with E-state index in [-0.39, 0.29) is 0 Å². The molecule has 0 aliphatic heterocycles. The van der Waals surface area contributed by atoms with Gasteiger partial charge >= 0.3 is 0 Å². The molecule has 0 aliphatic rings. The molecule has 0 spiro atoms. The summed E-state index contributed by atoms with van der Waals surface area (Å²) in [5.41, 5.74) is 11.0. The Bertz CT molecular complexity index is 1850. The number of para-hydroxylation sites is 1. The highest BCUT2D eigenvalue weighted by Gasteiger charge is 2.17. The zero-order valence-electron chi connectivity index (χ0n) is 20.4. The molecule has 37 heavy (non-hydrogen) atoms. The quantitative estimate of drug-likeness (QED) is 0.241. The lowest BCUT2D eigenvalue weighted by atomic mass is 9.94. The lowest BCUT2D eigenvalue weighted by molar-refractivity contribution is 1.18. The van der Waals surface area contributed by atoms with Crippen molar-refractivity contribution in [3.63, 3.8) is 0 Å². The Hall–Kier alpha value is -4.88. The van der Waals surface area contributed by atoms with E-state index in [0.29, 0.717) is 0 Å². The van der Waals surface area contributed by atoms with Crippen LogP contribution in [0.4, 0.5) is 0 Å². The highest BCUT2D eigenvalue weighted by molar-refractivity contribution is 6.15.